The fourth-order valence-electron chi connectivity index (χ4n) is 3.91. The monoisotopic (exact) mass is 572 g/mol. The molecule has 4 rings (SSSR count). The Hall–Kier alpha value is -3.83. The van der Waals surface area contributed by atoms with Crippen molar-refractivity contribution in [2.24, 2.45) is 20.2 Å². The molecule has 0 saturated heterocycles. The van der Waals surface area contributed by atoms with Crippen LogP contribution in [0.4, 0.5) is 13.2 Å². The van der Waals surface area contributed by atoms with Gasteiger partial charge in [0.1, 0.15) is 0 Å². The number of carbonyl (C=O) groups excluding carboxylic acids is 1. The average molecular weight is 573 g/mol. The number of nitrogens with one attached hydrogen (secondary N) is 1. The molecule has 39 heavy (non-hydrogen) atoms. The Labute approximate surface area is 232 Å². The first-order valence-corrected chi connectivity index (χ1v) is 13.0. The highest BCUT2D eigenvalue weighted by Crippen LogP contribution is 2.33. The van der Waals surface area contributed by atoms with E-state index >= 15 is 0 Å². The smallest absolute Gasteiger partial charge is 0.369 e. The quantitative estimate of drug-likeness (QED) is 0.225. The number of hydrogen-bond acceptors (Lipinski definition) is 4. The molecule has 3 aromatic carbocycles. The number of benzene rings is 3. The van der Waals surface area contributed by atoms with Gasteiger partial charge < -0.3 is 5.73 Å². The van der Waals surface area contributed by atoms with Crippen molar-refractivity contribution in [3.05, 3.63) is 101 Å². The van der Waals surface area contributed by atoms with E-state index in [4.69, 9.17) is 22.4 Å². The zero-order valence-electron chi connectivity index (χ0n) is 20.7. The average Bonchev–Trinajstić information content (AvgIpc) is 2.91. The molecule has 3 N–H and O–H groups in total. The van der Waals surface area contributed by atoms with Gasteiger partial charge in [-0.2, -0.15) is 27.7 Å². The molecule has 0 aliphatic carbocycles. The van der Waals surface area contributed by atoms with E-state index in [0.717, 1.165) is 40.9 Å². The molecule has 0 aromatic heterocycles. The summed E-state index contributed by atoms with van der Waals surface area (Å²) in [6, 6.07) is 21.9. The summed E-state index contributed by atoms with van der Waals surface area (Å²) in [5.41, 5.74) is 7.85. The summed E-state index contributed by atoms with van der Waals surface area (Å²) in [6.45, 7) is 1.71. The third kappa shape index (κ3) is 7.61. The van der Waals surface area contributed by atoms with Crippen LogP contribution in [-0.4, -0.2) is 35.1 Å². The van der Waals surface area contributed by atoms with Crippen molar-refractivity contribution >= 4 is 47.1 Å². The Bertz CT molecular complexity index is 1390. The Balaban J connectivity index is 1.72. The van der Waals surface area contributed by atoms with Gasteiger partial charge in [0.2, 0.25) is 11.9 Å². The molecule has 0 fully saturated rings. The van der Waals surface area contributed by atoms with Crippen molar-refractivity contribution in [1.29, 1.82) is 0 Å². The standard InChI is InChI=1S/C27H24ClF3N6OS/c1-17(38)33-25(32)34-26(36-39-22-13-9-20(10-14-22)27(29,30)31)37-16-15-23(18-5-3-2-4-6-18)24(35-37)19-7-11-21(28)12-8-19/h2-14,23H,15-16H2,1H3,(H3,32,33,34,36,38). The number of rotatable bonds is 4. The zero-order valence-corrected chi connectivity index (χ0v) is 22.3. The summed E-state index contributed by atoms with van der Waals surface area (Å²) < 4.78 is 43.3. The molecule has 12 heteroatoms. The van der Waals surface area contributed by atoms with Gasteiger partial charge in [-0.05, 0) is 53.9 Å². The van der Waals surface area contributed by atoms with Crippen LogP contribution in [0.1, 0.15) is 36.0 Å². The van der Waals surface area contributed by atoms with Gasteiger partial charge in [-0.25, -0.2) is 5.01 Å². The lowest BCUT2D eigenvalue weighted by Gasteiger charge is -2.30. The van der Waals surface area contributed by atoms with Gasteiger partial charge in [0.25, 0.3) is 5.96 Å². The third-order valence-corrected chi connectivity index (χ3v) is 6.69. The van der Waals surface area contributed by atoms with E-state index in [0.29, 0.717) is 22.9 Å². The normalized spacial score (nSPS) is 16.6. The van der Waals surface area contributed by atoms with Crippen molar-refractivity contribution in [1.82, 2.24) is 10.3 Å². The summed E-state index contributed by atoms with van der Waals surface area (Å²) in [7, 11) is 0. The molecule has 0 bridgehead atoms. The maximum Gasteiger partial charge on any atom is 0.416 e. The summed E-state index contributed by atoms with van der Waals surface area (Å²) in [5.74, 6) is -0.560. The SMILES string of the molecule is CC(=O)N/C(N)=N\C(=N\Sc1ccc(C(F)(F)F)cc1)N1CCC(c2ccccc2)C(c2ccc(Cl)cc2)=N1. The molecule has 202 valence electrons. The van der Waals surface area contributed by atoms with Gasteiger partial charge in [0.05, 0.1) is 11.3 Å². The van der Waals surface area contributed by atoms with Crippen molar-refractivity contribution in [3.63, 3.8) is 0 Å². The summed E-state index contributed by atoms with van der Waals surface area (Å²) in [4.78, 5) is 16.2. The number of hydrazone groups is 1. The minimum Gasteiger partial charge on any atom is -0.369 e. The van der Waals surface area contributed by atoms with Crippen LogP contribution in [0.3, 0.4) is 0 Å². The second-order valence-corrected chi connectivity index (χ2v) is 9.82. The molecule has 1 heterocycles. The first-order valence-electron chi connectivity index (χ1n) is 11.8. The van der Waals surface area contributed by atoms with Gasteiger partial charge in [-0.15, -0.1) is 0 Å². The molecular weight excluding hydrogens is 549 g/mol. The van der Waals surface area contributed by atoms with E-state index < -0.39 is 17.6 Å². The van der Waals surface area contributed by atoms with Crippen molar-refractivity contribution in [2.75, 3.05) is 6.54 Å². The van der Waals surface area contributed by atoms with Crippen molar-refractivity contribution in [3.8, 4) is 0 Å². The van der Waals surface area contributed by atoms with E-state index in [2.05, 4.69) is 14.7 Å². The molecule has 3 aromatic rings. The highest BCUT2D eigenvalue weighted by atomic mass is 35.5. The van der Waals surface area contributed by atoms with Crippen LogP contribution in [0, 0.1) is 0 Å². The summed E-state index contributed by atoms with van der Waals surface area (Å²) in [6.07, 6.45) is -3.78. The third-order valence-electron chi connectivity index (χ3n) is 5.70. The van der Waals surface area contributed by atoms with Crippen LogP contribution in [0.5, 0.6) is 0 Å². The molecular formula is C27H24ClF3N6OS. The van der Waals surface area contributed by atoms with E-state index in [1.807, 2.05) is 42.5 Å². The van der Waals surface area contributed by atoms with Crippen LogP contribution in [-0.2, 0) is 11.0 Å². The molecule has 0 spiro atoms. The molecule has 1 aliphatic rings. The van der Waals surface area contributed by atoms with Crippen LogP contribution in [0.25, 0.3) is 0 Å². The number of hydrogen-bond donors (Lipinski definition) is 2. The van der Waals surface area contributed by atoms with Crippen LogP contribution >= 0.6 is 23.5 Å². The number of guanidine groups is 2. The van der Waals surface area contributed by atoms with E-state index in [1.165, 1.54) is 19.1 Å². The summed E-state index contributed by atoms with van der Waals surface area (Å²) >= 11 is 7.03. The number of nitrogens with two attached hydrogens (primary N) is 1. The van der Waals surface area contributed by atoms with Gasteiger partial charge in [0, 0.05) is 41.3 Å². The maximum absolute atomic E-state index is 12.9. The van der Waals surface area contributed by atoms with Gasteiger partial charge in [-0.3, -0.25) is 10.1 Å². The van der Waals surface area contributed by atoms with Gasteiger partial charge in [-0.1, -0.05) is 54.1 Å². The predicted octanol–water partition coefficient (Wildman–Crippen LogP) is 6.07. The van der Waals surface area contributed by atoms with Crippen molar-refractivity contribution in [2.45, 2.75) is 30.3 Å². The molecule has 0 saturated carbocycles. The first kappa shape index (κ1) is 28.2. The lowest BCUT2D eigenvalue weighted by molar-refractivity contribution is -0.137. The lowest BCUT2D eigenvalue weighted by atomic mass is 9.86. The highest BCUT2D eigenvalue weighted by Gasteiger charge is 2.30. The van der Waals surface area contributed by atoms with E-state index in [9.17, 15) is 18.0 Å². The number of alkyl halides is 3. The Morgan fingerprint density at radius 2 is 1.74 bits per heavy atom. The molecule has 0 radical (unpaired) electrons. The topological polar surface area (TPSA) is 95.4 Å². The summed E-state index contributed by atoms with van der Waals surface area (Å²) in [5, 5.41) is 9.43. The Morgan fingerprint density at radius 3 is 2.36 bits per heavy atom. The van der Waals surface area contributed by atoms with Crippen LogP contribution in [0.15, 0.2) is 98.2 Å². The second-order valence-electron chi connectivity index (χ2n) is 8.55. The largest absolute Gasteiger partial charge is 0.416 e. The minimum absolute atomic E-state index is 0.0240. The number of amides is 1. The van der Waals surface area contributed by atoms with E-state index in [1.54, 1.807) is 17.1 Å². The predicted molar refractivity (Wildman–Crippen MR) is 149 cm³/mol. The molecule has 1 atom stereocenters. The Kier molecular flexibility index (Phi) is 8.93. The lowest BCUT2D eigenvalue weighted by Crippen LogP contribution is -2.39. The molecule has 7 nitrogen and oxygen atoms in total. The van der Waals surface area contributed by atoms with Gasteiger partial charge >= 0.3 is 6.18 Å². The first-order chi connectivity index (χ1) is 18.6. The van der Waals surface area contributed by atoms with Crippen LogP contribution in [0.2, 0.25) is 5.02 Å². The second kappa shape index (κ2) is 12.4. The van der Waals surface area contributed by atoms with Gasteiger partial charge in [0.15, 0.2) is 0 Å². The number of nitrogens with zero attached hydrogens (tertiary/aromatic N) is 4. The number of carbonyl (C=O) groups is 1. The van der Waals surface area contributed by atoms with Crippen LogP contribution < -0.4 is 11.1 Å². The highest BCUT2D eigenvalue weighted by molar-refractivity contribution is 7.98. The van der Waals surface area contributed by atoms with E-state index in [-0.39, 0.29) is 17.8 Å². The fraction of sp³-hybridized carbons (Fsp3) is 0.185. The molecule has 1 unspecified atom stereocenters. The zero-order chi connectivity index (χ0) is 28.0. The molecule has 1 aliphatic heterocycles. The number of halogens is 4. The maximum atomic E-state index is 12.9. The fourth-order valence-corrected chi connectivity index (χ4v) is 4.62. The number of aliphatic imine (C=N–C) groups is 1. The molecule has 1 amide bonds. The minimum atomic E-state index is -4.44. The van der Waals surface area contributed by atoms with Crippen molar-refractivity contribution < 1.29 is 18.0 Å². The Morgan fingerprint density at radius 1 is 1.08 bits per heavy atom.